The first-order valence-corrected chi connectivity index (χ1v) is 9.50. The molecule has 1 heterocycles. The van der Waals surface area contributed by atoms with Crippen LogP contribution in [0.4, 0.5) is 10.1 Å². The van der Waals surface area contributed by atoms with Gasteiger partial charge in [0.1, 0.15) is 5.82 Å². The van der Waals surface area contributed by atoms with Gasteiger partial charge in [-0.15, -0.1) is 5.06 Å². The number of halogens is 1. The SMILES string of the molecule is O=C(C(=Cc1ccccc1)c1ccc(F)cc1)N(O)C(=O)c1ccc2c(c1)NCC2. The summed E-state index contributed by atoms with van der Waals surface area (Å²) >= 11 is 0. The lowest BCUT2D eigenvalue weighted by Gasteiger charge is -2.16. The summed E-state index contributed by atoms with van der Waals surface area (Å²) < 4.78 is 13.4. The van der Waals surface area contributed by atoms with E-state index in [-0.39, 0.29) is 16.2 Å². The fraction of sp³-hybridized carbons (Fsp3) is 0.0833. The Balaban J connectivity index is 1.67. The molecule has 0 atom stereocenters. The van der Waals surface area contributed by atoms with Gasteiger partial charge in [-0.25, -0.2) is 4.39 Å². The van der Waals surface area contributed by atoms with Crippen molar-refractivity contribution in [3.63, 3.8) is 0 Å². The summed E-state index contributed by atoms with van der Waals surface area (Å²) in [5.74, 6) is -2.19. The van der Waals surface area contributed by atoms with E-state index in [1.54, 1.807) is 42.5 Å². The lowest BCUT2D eigenvalue weighted by Crippen LogP contribution is -2.34. The molecule has 1 aliphatic heterocycles. The van der Waals surface area contributed by atoms with Crippen LogP contribution >= 0.6 is 0 Å². The zero-order valence-corrected chi connectivity index (χ0v) is 16.0. The highest BCUT2D eigenvalue weighted by Gasteiger charge is 2.26. The van der Waals surface area contributed by atoms with Gasteiger partial charge in [0.15, 0.2) is 0 Å². The number of hydrogen-bond acceptors (Lipinski definition) is 4. The summed E-state index contributed by atoms with van der Waals surface area (Å²) in [7, 11) is 0. The van der Waals surface area contributed by atoms with Gasteiger partial charge in [0, 0.05) is 17.8 Å². The van der Waals surface area contributed by atoms with Gasteiger partial charge in [0.2, 0.25) is 0 Å². The summed E-state index contributed by atoms with van der Waals surface area (Å²) in [5.41, 5.74) is 3.24. The molecular formula is C24H19FN2O3. The Bertz CT molecular complexity index is 1120. The predicted octanol–water partition coefficient (Wildman–Crippen LogP) is 4.39. The molecule has 6 heteroatoms. The third-order valence-electron chi connectivity index (χ3n) is 4.95. The van der Waals surface area contributed by atoms with Crippen molar-refractivity contribution in [3.8, 4) is 0 Å². The Kier molecular flexibility index (Phi) is 5.41. The number of benzene rings is 3. The number of carbonyl (C=O) groups excluding carboxylic acids is 2. The molecule has 0 fully saturated rings. The van der Waals surface area contributed by atoms with Gasteiger partial charge >= 0.3 is 0 Å². The van der Waals surface area contributed by atoms with Crippen LogP contribution in [0.3, 0.4) is 0 Å². The molecule has 0 unspecified atom stereocenters. The number of anilines is 1. The Hall–Kier alpha value is -3.77. The molecule has 0 spiro atoms. The Morgan fingerprint density at radius 3 is 2.40 bits per heavy atom. The van der Waals surface area contributed by atoms with Crippen molar-refractivity contribution in [2.24, 2.45) is 0 Å². The quantitative estimate of drug-likeness (QED) is 0.294. The molecule has 0 aromatic heterocycles. The van der Waals surface area contributed by atoms with Gasteiger partial charge in [-0.3, -0.25) is 14.8 Å². The van der Waals surface area contributed by atoms with Crippen LogP contribution in [0.5, 0.6) is 0 Å². The number of hydroxylamine groups is 2. The molecule has 1 aliphatic rings. The minimum Gasteiger partial charge on any atom is -0.384 e. The molecule has 30 heavy (non-hydrogen) atoms. The van der Waals surface area contributed by atoms with Crippen molar-refractivity contribution in [2.45, 2.75) is 6.42 Å². The number of imide groups is 1. The van der Waals surface area contributed by atoms with E-state index >= 15 is 0 Å². The summed E-state index contributed by atoms with van der Waals surface area (Å²) in [6, 6.07) is 19.3. The normalized spacial score (nSPS) is 12.8. The van der Waals surface area contributed by atoms with Crippen molar-refractivity contribution in [3.05, 3.63) is 101 Å². The first-order valence-electron chi connectivity index (χ1n) is 9.50. The van der Waals surface area contributed by atoms with Gasteiger partial charge in [0.25, 0.3) is 11.8 Å². The van der Waals surface area contributed by atoms with Gasteiger partial charge in [0.05, 0.1) is 5.57 Å². The average Bonchev–Trinajstić information content (AvgIpc) is 3.25. The molecule has 0 aliphatic carbocycles. The van der Waals surface area contributed by atoms with Crippen LogP contribution in [0.2, 0.25) is 0 Å². The molecule has 0 saturated carbocycles. The smallest absolute Gasteiger partial charge is 0.285 e. The zero-order valence-electron chi connectivity index (χ0n) is 16.0. The van der Waals surface area contributed by atoms with Gasteiger partial charge in [-0.05, 0) is 53.5 Å². The maximum Gasteiger partial charge on any atom is 0.285 e. The van der Waals surface area contributed by atoms with Crippen LogP contribution in [0.25, 0.3) is 11.6 Å². The summed E-state index contributed by atoms with van der Waals surface area (Å²) in [6.07, 6.45) is 2.41. The Morgan fingerprint density at radius 2 is 1.67 bits per heavy atom. The number of hydrogen-bond donors (Lipinski definition) is 2. The van der Waals surface area contributed by atoms with Crippen LogP contribution in [-0.2, 0) is 11.2 Å². The number of nitrogens with zero attached hydrogens (tertiary/aromatic N) is 1. The maximum absolute atomic E-state index is 13.4. The van der Waals surface area contributed by atoms with E-state index < -0.39 is 17.6 Å². The van der Waals surface area contributed by atoms with Crippen LogP contribution in [-0.4, -0.2) is 28.6 Å². The van der Waals surface area contributed by atoms with E-state index in [4.69, 9.17) is 0 Å². The fourth-order valence-corrected chi connectivity index (χ4v) is 3.37. The molecule has 150 valence electrons. The fourth-order valence-electron chi connectivity index (χ4n) is 3.37. The standard InChI is InChI=1S/C24H19FN2O3/c25-20-10-8-17(9-11-20)21(14-16-4-2-1-3-5-16)24(29)27(30)23(28)19-7-6-18-12-13-26-22(18)15-19/h1-11,14-15,26,30H,12-13H2. The van der Waals surface area contributed by atoms with E-state index in [2.05, 4.69) is 5.32 Å². The van der Waals surface area contributed by atoms with Gasteiger partial charge in [-0.2, -0.15) is 0 Å². The first-order chi connectivity index (χ1) is 14.5. The summed E-state index contributed by atoms with van der Waals surface area (Å²) in [5, 5.41) is 13.7. The first kappa shape index (κ1) is 19.5. The molecule has 3 aromatic rings. The molecular weight excluding hydrogens is 383 g/mol. The number of carbonyl (C=O) groups is 2. The molecule has 0 radical (unpaired) electrons. The third kappa shape index (κ3) is 3.99. The topological polar surface area (TPSA) is 69.6 Å². The highest BCUT2D eigenvalue weighted by molar-refractivity contribution is 6.28. The lowest BCUT2D eigenvalue weighted by molar-refractivity contribution is -0.146. The third-order valence-corrected chi connectivity index (χ3v) is 4.95. The van der Waals surface area contributed by atoms with Crippen LogP contribution in [0.15, 0.2) is 72.8 Å². The minimum atomic E-state index is -0.899. The summed E-state index contributed by atoms with van der Waals surface area (Å²) in [6.45, 7) is 0.781. The van der Waals surface area contributed by atoms with Crippen LogP contribution in [0, 0.1) is 5.82 Å². The summed E-state index contributed by atoms with van der Waals surface area (Å²) in [4.78, 5) is 25.8. The molecule has 0 bridgehead atoms. The highest BCUT2D eigenvalue weighted by Crippen LogP contribution is 2.25. The second-order valence-corrected chi connectivity index (χ2v) is 6.95. The van der Waals surface area contributed by atoms with Gasteiger partial charge in [-0.1, -0.05) is 48.5 Å². The number of fused-ring (bicyclic) bond motifs is 1. The second kappa shape index (κ2) is 8.31. The zero-order chi connectivity index (χ0) is 21.1. The van der Waals surface area contributed by atoms with Gasteiger partial charge < -0.3 is 5.32 Å². The van der Waals surface area contributed by atoms with E-state index in [0.29, 0.717) is 11.1 Å². The van der Waals surface area contributed by atoms with E-state index in [0.717, 1.165) is 24.2 Å². The minimum absolute atomic E-state index is 0.0661. The number of nitrogens with one attached hydrogen (secondary N) is 1. The number of amides is 2. The van der Waals surface area contributed by atoms with E-state index in [9.17, 15) is 19.2 Å². The highest BCUT2D eigenvalue weighted by atomic mass is 19.1. The molecule has 4 rings (SSSR count). The molecule has 2 amide bonds. The van der Waals surface area contributed by atoms with Crippen LogP contribution < -0.4 is 5.32 Å². The van der Waals surface area contributed by atoms with E-state index in [1.807, 2.05) is 12.1 Å². The number of rotatable bonds is 4. The van der Waals surface area contributed by atoms with Crippen LogP contribution in [0.1, 0.15) is 27.0 Å². The predicted molar refractivity (Wildman–Crippen MR) is 112 cm³/mol. The van der Waals surface area contributed by atoms with Crippen molar-refractivity contribution < 1.29 is 19.2 Å². The largest absolute Gasteiger partial charge is 0.384 e. The van der Waals surface area contributed by atoms with E-state index in [1.165, 1.54) is 24.3 Å². The molecule has 2 N–H and O–H groups in total. The van der Waals surface area contributed by atoms with Crippen molar-refractivity contribution in [2.75, 3.05) is 11.9 Å². The average molecular weight is 402 g/mol. The molecule has 5 nitrogen and oxygen atoms in total. The second-order valence-electron chi connectivity index (χ2n) is 6.95. The van der Waals surface area contributed by atoms with Crippen molar-refractivity contribution >= 4 is 29.2 Å². The molecule has 3 aromatic carbocycles. The Morgan fingerprint density at radius 1 is 0.967 bits per heavy atom. The molecule has 0 saturated heterocycles. The lowest BCUT2D eigenvalue weighted by atomic mass is 10.0. The Labute approximate surface area is 173 Å². The van der Waals surface area contributed by atoms with Crippen molar-refractivity contribution in [1.29, 1.82) is 0 Å². The van der Waals surface area contributed by atoms with Crippen molar-refractivity contribution in [1.82, 2.24) is 5.06 Å². The monoisotopic (exact) mass is 402 g/mol. The maximum atomic E-state index is 13.4.